The van der Waals surface area contributed by atoms with Gasteiger partial charge in [0.05, 0.1) is 0 Å². The normalized spacial score (nSPS) is 21.3. The largest absolute Gasteiger partial charge is 0.481 e. The average molecular weight is 312 g/mol. The lowest BCUT2D eigenvalue weighted by atomic mass is 9.88. The summed E-state index contributed by atoms with van der Waals surface area (Å²) in [7, 11) is 0. The highest BCUT2D eigenvalue weighted by Crippen LogP contribution is 2.37. The summed E-state index contributed by atoms with van der Waals surface area (Å²) >= 11 is 0. The first-order valence-electron chi connectivity index (χ1n) is 9.66. The Morgan fingerprint density at radius 3 is 2.41 bits per heavy atom. The maximum Gasteiger partial charge on any atom is 0.303 e. The summed E-state index contributed by atoms with van der Waals surface area (Å²) in [5, 5.41) is 12.2. The van der Waals surface area contributed by atoms with Gasteiger partial charge in [0.2, 0.25) is 0 Å². The second kappa shape index (κ2) is 12.9. The molecule has 3 heteroatoms. The van der Waals surface area contributed by atoms with Crippen molar-refractivity contribution in [2.75, 3.05) is 13.1 Å². The molecule has 2 atom stereocenters. The van der Waals surface area contributed by atoms with Crippen LogP contribution in [0, 0.1) is 11.8 Å². The number of hydrogen-bond acceptors (Lipinski definition) is 2. The maximum atomic E-state index is 10.5. The van der Waals surface area contributed by atoms with Crippen molar-refractivity contribution in [3.05, 3.63) is 0 Å². The Kier molecular flexibility index (Phi) is 11.4. The molecule has 0 saturated heterocycles. The van der Waals surface area contributed by atoms with Crippen molar-refractivity contribution < 1.29 is 9.90 Å². The van der Waals surface area contributed by atoms with E-state index in [4.69, 9.17) is 5.11 Å². The number of hydrogen-bond donors (Lipinski definition) is 2. The summed E-state index contributed by atoms with van der Waals surface area (Å²) in [5.41, 5.74) is 0. The zero-order chi connectivity index (χ0) is 16.0. The lowest BCUT2D eigenvalue weighted by Gasteiger charge is -2.19. The maximum absolute atomic E-state index is 10.5. The number of nitrogens with one attached hydrogen (secondary N) is 1. The highest BCUT2D eigenvalue weighted by molar-refractivity contribution is 5.66. The van der Waals surface area contributed by atoms with Crippen LogP contribution in [0.1, 0.15) is 90.4 Å². The molecule has 0 aliphatic heterocycles. The molecule has 130 valence electrons. The molecule has 0 radical (unpaired) electrons. The fourth-order valence-corrected chi connectivity index (χ4v) is 3.82. The van der Waals surface area contributed by atoms with Crippen LogP contribution in [0.3, 0.4) is 0 Å². The lowest BCUT2D eigenvalue weighted by Crippen LogP contribution is -2.21. The third-order valence-corrected chi connectivity index (χ3v) is 5.18. The minimum Gasteiger partial charge on any atom is -0.481 e. The van der Waals surface area contributed by atoms with Crippen molar-refractivity contribution in [1.82, 2.24) is 5.32 Å². The van der Waals surface area contributed by atoms with Gasteiger partial charge in [-0.05, 0) is 44.2 Å². The summed E-state index contributed by atoms with van der Waals surface area (Å²) in [5.74, 6) is 1.23. The molecule has 0 aromatic rings. The van der Waals surface area contributed by atoms with Gasteiger partial charge in [-0.15, -0.1) is 0 Å². The van der Waals surface area contributed by atoms with E-state index in [9.17, 15) is 4.79 Å². The molecule has 1 aliphatic rings. The van der Waals surface area contributed by atoms with Crippen LogP contribution in [-0.2, 0) is 4.79 Å². The second-order valence-corrected chi connectivity index (χ2v) is 7.04. The molecular formula is C19H37NO2. The average Bonchev–Trinajstić information content (AvgIpc) is 2.93. The number of carbonyl (C=O) groups is 1. The monoisotopic (exact) mass is 311 g/mol. The van der Waals surface area contributed by atoms with Gasteiger partial charge in [0, 0.05) is 6.42 Å². The lowest BCUT2D eigenvalue weighted by molar-refractivity contribution is -0.137. The van der Waals surface area contributed by atoms with E-state index in [-0.39, 0.29) is 0 Å². The van der Waals surface area contributed by atoms with Crippen LogP contribution >= 0.6 is 0 Å². The van der Waals surface area contributed by atoms with Gasteiger partial charge in [-0.2, -0.15) is 0 Å². The minimum absolute atomic E-state index is 0.343. The van der Waals surface area contributed by atoms with Crippen LogP contribution in [0.15, 0.2) is 0 Å². The van der Waals surface area contributed by atoms with Crippen LogP contribution in [0.4, 0.5) is 0 Å². The SMILES string of the molecule is CCCCCNCC[C@@H]1CCC[C@H]1CCCCCCC(=O)O. The molecule has 1 aliphatic carbocycles. The predicted octanol–water partition coefficient (Wildman–Crippen LogP) is 5.00. The van der Waals surface area contributed by atoms with Gasteiger partial charge < -0.3 is 10.4 Å². The van der Waals surface area contributed by atoms with E-state index >= 15 is 0 Å². The molecule has 3 nitrogen and oxygen atoms in total. The number of carboxylic acids is 1. The molecular weight excluding hydrogens is 274 g/mol. The van der Waals surface area contributed by atoms with Gasteiger partial charge in [-0.3, -0.25) is 4.79 Å². The Labute approximate surface area is 137 Å². The fraction of sp³-hybridized carbons (Fsp3) is 0.947. The smallest absolute Gasteiger partial charge is 0.303 e. The van der Waals surface area contributed by atoms with Crippen molar-refractivity contribution in [3.63, 3.8) is 0 Å². The van der Waals surface area contributed by atoms with E-state index in [0.29, 0.717) is 6.42 Å². The third-order valence-electron chi connectivity index (χ3n) is 5.18. The first-order valence-corrected chi connectivity index (χ1v) is 9.66. The molecule has 0 unspecified atom stereocenters. The summed E-state index contributed by atoms with van der Waals surface area (Å²) in [6.45, 7) is 4.64. The fourth-order valence-electron chi connectivity index (χ4n) is 3.82. The molecule has 1 saturated carbocycles. The van der Waals surface area contributed by atoms with E-state index in [2.05, 4.69) is 12.2 Å². The molecule has 0 spiro atoms. The predicted molar refractivity (Wildman–Crippen MR) is 93.2 cm³/mol. The zero-order valence-electron chi connectivity index (χ0n) is 14.6. The van der Waals surface area contributed by atoms with Crippen molar-refractivity contribution in [2.24, 2.45) is 11.8 Å². The molecule has 0 amide bonds. The molecule has 0 aromatic heterocycles. The molecule has 0 bridgehead atoms. The Hall–Kier alpha value is -0.570. The summed E-state index contributed by atoms with van der Waals surface area (Å²) < 4.78 is 0. The Morgan fingerprint density at radius 1 is 0.955 bits per heavy atom. The topological polar surface area (TPSA) is 49.3 Å². The van der Waals surface area contributed by atoms with E-state index in [1.54, 1.807) is 0 Å². The van der Waals surface area contributed by atoms with Crippen molar-refractivity contribution in [2.45, 2.75) is 90.4 Å². The molecule has 0 aromatic carbocycles. The number of aliphatic carboxylic acids is 1. The number of carboxylic acid groups (broad SMARTS) is 1. The van der Waals surface area contributed by atoms with Gasteiger partial charge >= 0.3 is 5.97 Å². The van der Waals surface area contributed by atoms with Gasteiger partial charge in [0.25, 0.3) is 0 Å². The van der Waals surface area contributed by atoms with Crippen LogP contribution in [0.2, 0.25) is 0 Å². The van der Waals surface area contributed by atoms with Gasteiger partial charge in [0.15, 0.2) is 0 Å². The van der Waals surface area contributed by atoms with Crippen LogP contribution in [0.25, 0.3) is 0 Å². The Morgan fingerprint density at radius 2 is 1.68 bits per heavy atom. The van der Waals surface area contributed by atoms with Gasteiger partial charge in [-0.25, -0.2) is 0 Å². The quantitative estimate of drug-likeness (QED) is 0.444. The first kappa shape index (κ1) is 19.5. The van der Waals surface area contributed by atoms with Gasteiger partial charge in [-0.1, -0.05) is 64.7 Å². The third kappa shape index (κ3) is 9.45. The van der Waals surface area contributed by atoms with E-state index < -0.39 is 5.97 Å². The van der Waals surface area contributed by atoms with Crippen LogP contribution in [-0.4, -0.2) is 24.2 Å². The summed E-state index contributed by atoms with van der Waals surface area (Å²) in [6.07, 6.45) is 15.8. The van der Waals surface area contributed by atoms with Crippen molar-refractivity contribution in [1.29, 1.82) is 0 Å². The van der Waals surface area contributed by atoms with E-state index in [1.807, 2.05) is 0 Å². The highest BCUT2D eigenvalue weighted by atomic mass is 16.4. The molecule has 22 heavy (non-hydrogen) atoms. The van der Waals surface area contributed by atoms with Gasteiger partial charge in [0.1, 0.15) is 0 Å². The standard InChI is InChI=1S/C19H37NO2/c1-2-3-8-15-20-16-14-18-12-9-11-17(18)10-6-4-5-7-13-19(21)22/h17-18,20H,2-16H2,1H3,(H,21,22)/t17-,18+/m1/s1. The molecule has 1 rings (SSSR count). The first-order chi connectivity index (χ1) is 10.7. The summed E-state index contributed by atoms with van der Waals surface area (Å²) in [4.78, 5) is 10.5. The van der Waals surface area contributed by atoms with E-state index in [0.717, 1.165) is 24.7 Å². The Balaban J connectivity index is 1.99. The van der Waals surface area contributed by atoms with Crippen LogP contribution < -0.4 is 5.32 Å². The second-order valence-electron chi connectivity index (χ2n) is 7.04. The molecule has 1 fully saturated rings. The summed E-state index contributed by atoms with van der Waals surface area (Å²) in [6, 6.07) is 0. The van der Waals surface area contributed by atoms with Crippen molar-refractivity contribution >= 4 is 5.97 Å². The molecule has 0 heterocycles. The highest BCUT2D eigenvalue weighted by Gasteiger charge is 2.25. The molecule has 2 N–H and O–H groups in total. The number of rotatable bonds is 14. The Bertz CT molecular complexity index is 281. The number of unbranched alkanes of at least 4 members (excludes halogenated alkanes) is 5. The minimum atomic E-state index is -0.651. The van der Waals surface area contributed by atoms with Crippen molar-refractivity contribution in [3.8, 4) is 0 Å². The zero-order valence-corrected chi connectivity index (χ0v) is 14.6. The van der Waals surface area contributed by atoms with E-state index in [1.165, 1.54) is 77.3 Å². The van der Waals surface area contributed by atoms with Crippen LogP contribution in [0.5, 0.6) is 0 Å².